The molecule has 0 aromatic heterocycles. The molecule has 0 unspecified atom stereocenters. The van der Waals surface area contributed by atoms with Crippen LogP contribution in [0.4, 0.5) is 0 Å². The lowest BCUT2D eigenvalue weighted by atomic mass is 9.77. The molecular formula is C22H15BrO5. The monoisotopic (exact) mass is 438 g/mol. The molecule has 2 aliphatic heterocycles. The van der Waals surface area contributed by atoms with Gasteiger partial charge in [-0.3, -0.25) is 0 Å². The fraction of sp³-hybridized carbons (Fsp3) is 0.136. The first-order chi connectivity index (χ1) is 13.5. The van der Waals surface area contributed by atoms with Crippen molar-refractivity contribution in [3.63, 3.8) is 0 Å². The summed E-state index contributed by atoms with van der Waals surface area (Å²) in [6, 6.07) is 15.2. The maximum atomic E-state index is 12.8. The van der Waals surface area contributed by atoms with E-state index in [1.165, 1.54) is 12.1 Å². The summed E-state index contributed by atoms with van der Waals surface area (Å²) in [7, 11) is 0. The second kappa shape index (κ2) is 6.01. The van der Waals surface area contributed by atoms with Crippen molar-refractivity contribution in [2.75, 3.05) is 5.33 Å². The van der Waals surface area contributed by atoms with Gasteiger partial charge in [-0.15, -0.1) is 0 Å². The molecule has 0 atom stereocenters. The number of phenols is 2. The number of rotatable bonds is 2. The molecule has 0 bridgehead atoms. The Morgan fingerprint density at radius 1 is 0.857 bits per heavy atom. The molecule has 0 saturated carbocycles. The first-order valence-corrected chi connectivity index (χ1v) is 9.92. The van der Waals surface area contributed by atoms with Crippen LogP contribution in [-0.4, -0.2) is 21.5 Å². The SMILES string of the molecule is O=C1OC2(c3ccc(O)cc3Oc3cc(O)ccc32)c2cc(CCBr)ccc21. The first-order valence-electron chi connectivity index (χ1n) is 8.80. The zero-order valence-electron chi connectivity index (χ0n) is 14.6. The molecule has 2 aliphatic rings. The van der Waals surface area contributed by atoms with E-state index in [4.69, 9.17) is 9.47 Å². The molecule has 0 amide bonds. The third-order valence-electron chi connectivity index (χ3n) is 5.22. The van der Waals surface area contributed by atoms with Crippen LogP contribution in [0.2, 0.25) is 0 Å². The highest BCUT2D eigenvalue weighted by Gasteiger charge is 2.53. The molecule has 2 heterocycles. The zero-order chi connectivity index (χ0) is 19.5. The molecule has 3 aromatic carbocycles. The number of benzene rings is 3. The number of aromatic hydroxyl groups is 2. The van der Waals surface area contributed by atoms with Crippen LogP contribution in [0, 0.1) is 0 Å². The fourth-order valence-electron chi connectivity index (χ4n) is 4.01. The fourth-order valence-corrected chi connectivity index (χ4v) is 4.47. The van der Waals surface area contributed by atoms with E-state index in [0.717, 1.165) is 22.9 Å². The van der Waals surface area contributed by atoms with Crippen molar-refractivity contribution in [3.05, 3.63) is 82.4 Å². The highest BCUT2D eigenvalue weighted by atomic mass is 79.9. The number of alkyl halides is 1. The van der Waals surface area contributed by atoms with Crippen molar-refractivity contribution >= 4 is 21.9 Å². The van der Waals surface area contributed by atoms with E-state index in [9.17, 15) is 15.0 Å². The van der Waals surface area contributed by atoms with Gasteiger partial charge in [0.15, 0.2) is 5.60 Å². The van der Waals surface area contributed by atoms with Crippen LogP contribution in [0.15, 0.2) is 54.6 Å². The lowest BCUT2D eigenvalue weighted by Gasteiger charge is -2.36. The number of fused-ring (bicyclic) bond motifs is 6. The van der Waals surface area contributed by atoms with Gasteiger partial charge in [-0.1, -0.05) is 28.1 Å². The Morgan fingerprint density at radius 2 is 1.50 bits per heavy atom. The summed E-state index contributed by atoms with van der Waals surface area (Å²) in [5.41, 5.74) is 2.37. The summed E-state index contributed by atoms with van der Waals surface area (Å²) in [5, 5.41) is 20.7. The van der Waals surface area contributed by atoms with Gasteiger partial charge in [0.05, 0.1) is 5.56 Å². The average molecular weight is 439 g/mol. The molecule has 0 radical (unpaired) electrons. The molecule has 140 valence electrons. The van der Waals surface area contributed by atoms with Crippen molar-refractivity contribution < 1.29 is 24.5 Å². The Kier molecular flexibility index (Phi) is 3.67. The average Bonchev–Trinajstić information content (AvgIpc) is 2.94. The smallest absolute Gasteiger partial charge is 0.340 e. The number of phenolic OH excluding ortho intramolecular Hbond substituents is 2. The lowest BCUT2D eigenvalue weighted by molar-refractivity contribution is 0.0224. The third-order valence-corrected chi connectivity index (χ3v) is 5.62. The number of aryl methyl sites for hydroxylation is 1. The van der Waals surface area contributed by atoms with Crippen LogP contribution in [0.5, 0.6) is 23.0 Å². The summed E-state index contributed by atoms with van der Waals surface area (Å²) < 4.78 is 12.0. The molecule has 6 heteroatoms. The second-order valence-electron chi connectivity index (χ2n) is 6.85. The van der Waals surface area contributed by atoms with Gasteiger partial charge in [-0.25, -0.2) is 4.79 Å². The quantitative estimate of drug-likeness (QED) is 0.451. The summed E-state index contributed by atoms with van der Waals surface area (Å²) in [6.07, 6.45) is 0.804. The van der Waals surface area contributed by atoms with Gasteiger partial charge in [0.2, 0.25) is 0 Å². The standard InChI is InChI=1S/C22H15BrO5/c23-8-7-12-1-4-15-18(9-12)22(28-21(15)26)16-5-2-13(24)10-19(16)27-20-11-14(25)3-6-17(20)22/h1-6,9-11,24-25H,7-8H2. The van der Waals surface area contributed by atoms with Crippen LogP contribution in [0.1, 0.15) is 32.6 Å². The van der Waals surface area contributed by atoms with Crippen LogP contribution in [0.25, 0.3) is 0 Å². The van der Waals surface area contributed by atoms with Gasteiger partial charge < -0.3 is 19.7 Å². The van der Waals surface area contributed by atoms with Gasteiger partial charge >= 0.3 is 5.97 Å². The minimum absolute atomic E-state index is 0.0371. The molecule has 5 rings (SSSR count). The van der Waals surface area contributed by atoms with Crippen LogP contribution in [-0.2, 0) is 16.8 Å². The van der Waals surface area contributed by atoms with Gasteiger partial charge in [0.1, 0.15) is 23.0 Å². The van der Waals surface area contributed by atoms with Crippen molar-refractivity contribution in [1.82, 2.24) is 0 Å². The Bertz CT molecular complexity index is 1090. The van der Waals surface area contributed by atoms with Crippen molar-refractivity contribution in [1.29, 1.82) is 0 Å². The predicted octanol–water partition coefficient (Wildman–Crippen LogP) is 4.60. The van der Waals surface area contributed by atoms with Crippen LogP contribution < -0.4 is 4.74 Å². The second-order valence-corrected chi connectivity index (χ2v) is 7.65. The number of halogens is 1. The Balaban J connectivity index is 1.86. The molecule has 0 saturated heterocycles. The largest absolute Gasteiger partial charge is 0.508 e. The van der Waals surface area contributed by atoms with E-state index >= 15 is 0 Å². The number of carbonyl (C=O) groups excluding carboxylic acids is 1. The summed E-state index contributed by atoms with van der Waals surface area (Å²) in [4.78, 5) is 12.8. The Morgan fingerprint density at radius 3 is 2.11 bits per heavy atom. The van der Waals surface area contributed by atoms with Crippen LogP contribution >= 0.6 is 15.9 Å². The summed E-state index contributed by atoms with van der Waals surface area (Å²) in [6.45, 7) is 0. The maximum Gasteiger partial charge on any atom is 0.340 e. The maximum absolute atomic E-state index is 12.8. The highest BCUT2D eigenvalue weighted by molar-refractivity contribution is 9.09. The minimum Gasteiger partial charge on any atom is -0.508 e. The molecular weight excluding hydrogens is 424 g/mol. The van der Waals surface area contributed by atoms with Gasteiger partial charge in [0, 0.05) is 34.2 Å². The molecule has 0 aliphatic carbocycles. The molecule has 1 spiro atoms. The molecule has 3 aromatic rings. The summed E-state index contributed by atoms with van der Waals surface area (Å²) in [5.74, 6) is 0.416. The van der Waals surface area contributed by atoms with Crippen molar-refractivity contribution in [2.24, 2.45) is 0 Å². The van der Waals surface area contributed by atoms with E-state index in [1.807, 2.05) is 12.1 Å². The molecule has 28 heavy (non-hydrogen) atoms. The number of carbonyl (C=O) groups is 1. The van der Waals surface area contributed by atoms with E-state index in [-0.39, 0.29) is 11.5 Å². The molecule has 2 N–H and O–H groups in total. The van der Waals surface area contributed by atoms with Gasteiger partial charge in [-0.2, -0.15) is 0 Å². The Labute approximate surface area is 169 Å². The van der Waals surface area contributed by atoms with Crippen molar-refractivity contribution in [2.45, 2.75) is 12.0 Å². The first kappa shape index (κ1) is 17.1. The highest BCUT2D eigenvalue weighted by Crippen LogP contribution is 2.57. The molecule has 5 nitrogen and oxygen atoms in total. The van der Waals surface area contributed by atoms with Gasteiger partial charge in [0.25, 0.3) is 0 Å². The van der Waals surface area contributed by atoms with Crippen LogP contribution in [0.3, 0.4) is 0 Å². The zero-order valence-corrected chi connectivity index (χ0v) is 16.2. The van der Waals surface area contributed by atoms with Crippen molar-refractivity contribution in [3.8, 4) is 23.0 Å². The van der Waals surface area contributed by atoms with E-state index in [2.05, 4.69) is 15.9 Å². The Hall–Kier alpha value is -2.99. The third kappa shape index (κ3) is 2.27. The number of ether oxygens (including phenoxy) is 2. The predicted molar refractivity (Wildman–Crippen MR) is 106 cm³/mol. The summed E-state index contributed by atoms with van der Waals surface area (Å²) >= 11 is 3.46. The normalized spacial score (nSPS) is 15.4. The van der Waals surface area contributed by atoms with E-state index in [1.54, 1.807) is 30.3 Å². The van der Waals surface area contributed by atoms with Gasteiger partial charge in [-0.05, 0) is 42.3 Å². The lowest BCUT2D eigenvalue weighted by Crippen LogP contribution is -2.33. The number of hydrogen-bond acceptors (Lipinski definition) is 5. The van der Waals surface area contributed by atoms with E-state index < -0.39 is 11.6 Å². The van der Waals surface area contributed by atoms with E-state index in [0.29, 0.717) is 28.2 Å². The minimum atomic E-state index is -1.20. The number of esters is 1. The molecule has 0 fully saturated rings. The topological polar surface area (TPSA) is 76.0 Å². The number of hydrogen-bond donors (Lipinski definition) is 2.